The molecule has 2 atom stereocenters. The Morgan fingerprint density at radius 1 is 1.14 bits per heavy atom. The monoisotopic (exact) mass is 572 g/mol. The van der Waals surface area contributed by atoms with Gasteiger partial charge < -0.3 is 5.32 Å². The molecule has 0 spiro atoms. The lowest BCUT2D eigenvalue weighted by Crippen LogP contribution is -2.55. The third-order valence-electron chi connectivity index (χ3n) is 5.50. The van der Waals surface area contributed by atoms with Gasteiger partial charge in [0.1, 0.15) is 11.9 Å². The van der Waals surface area contributed by atoms with Crippen molar-refractivity contribution in [2.45, 2.75) is 18.5 Å². The van der Waals surface area contributed by atoms with Crippen LogP contribution in [0.1, 0.15) is 17.3 Å². The van der Waals surface area contributed by atoms with Gasteiger partial charge in [0.25, 0.3) is 10.2 Å². The van der Waals surface area contributed by atoms with Gasteiger partial charge in [-0.2, -0.15) is 17.4 Å². The Morgan fingerprint density at radius 3 is 2.44 bits per heavy atom. The number of likely N-dealkylation sites (N-methyl/N-ethyl adjacent to an activating group) is 1. The van der Waals surface area contributed by atoms with Gasteiger partial charge in [-0.05, 0) is 54.4 Å². The van der Waals surface area contributed by atoms with Crippen LogP contribution in [0.2, 0.25) is 5.02 Å². The van der Waals surface area contributed by atoms with Crippen LogP contribution < -0.4 is 14.8 Å². The molecule has 1 aromatic heterocycles. The molecule has 36 heavy (non-hydrogen) atoms. The molecule has 2 heterocycles. The molecule has 192 valence electrons. The number of carbonyl (C=O) groups excluding carboxylic acids is 1. The first kappa shape index (κ1) is 26.5. The molecule has 1 aliphatic heterocycles. The lowest BCUT2D eigenvalue weighted by atomic mass is 10.1. The molecule has 14 heteroatoms. The summed E-state index contributed by atoms with van der Waals surface area (Å²) in [6, 6.07) is 12.4. The van der Waals surface area contributed by atoms with E-state index in [9.17, 15) is 26.0 Å². The summed E-state index contributed by atoms with van der Waals surface area (Å²) in [5.74, 6) is -1.20. The predicted octanol–water partition coefficient (Wildman–Crippen LogP) is 3.80. The summed E-state index contributed by atoms with van der Waals surface area (Å²) in [4.78, 5) is 14.5. The molecule has 3 N–H and O–H groups in total. The number of hydrogen-bond donors (Lipinski definition) is 3. The van der Waals surface area contributed by atoms with Crippen molar-refractivity contribution in [1.82, 2.24) is 9.03 Å². The third-order valence-corrected chi connectivity index (χ3v) is 9.24. The first-order valence-electron chi connectivity index (χ1n) is 10.5. The van der Waals surface area contributed by atoms with Gasteiger partial charge in [0.2, 0.25) is 15.9 Å². The molecule has 0 saturated carbocycles. The number of carbonyl (C=O) groups is 1. The molecule has 0 unspecified atom stereocenters. The number of benzene rings is 2. The summed E-state index contributed by atoms with van der Waals surface area (Å²) in [7, 11) is -6.04. The van der Waals surface area contributed by atoms with Gasteiger partial charge in [0.05, 0.1) is 17.3 Å². The molecule has 4 rings (SSSR count). The predicted molar refractivity (Wildman–Crippen MR) is 139 cm³/mol. The highest BCUT2D eigenvalue weighted by Gasteiger charge is 2.41. The number of nitrogens with zero attached hydrogens (tertiary/aromatic N) is 1. The van der Waals surface area contributed by atoms with Crippen molar-refractivity contribution < 1.29 is 26.0 Å². The van der Waals surface area contributed by atoms with E-state index >= 15 is 0 Å². The van der Waals surface area contributed by atoms with Gasteiger partial charge in [0.15, 0.2) is 0 Å². The SMILES string of the molecule is CN1[C@H](C(=O)Nc2ccc(F)c(Cl)c2)C[C@H](c2ccc(-c3ccc(NS(C)(=O)=O)cc3)s2)NS1(=O)=O. The van der Waals surface area contributed by atoms with Crippen LogP contribution in [0.3, 0.4) is 0 Å². The normalized spacial score (nSPS) is 20.1. The minimum atomic E-state index is -3.96. The zero-order chi connectivity index (χ0) is 26.3. The number of hydrogen-bond acceptors (Lipinski definition) is 6. The van der Waals surface area contributed by atoms with Gasteiger partial charge in [-0.15, -0.1) is 11.3 Å². The number of thiophene rings is 1. The molecule has 1 saturated heterocycles. The van der Waals surface area contributed by atoms with Gasteiger partial charge in [0, 0.05) is 28.2 Å². The summed E-state index contributed by atoms with van der Waals surface area (Å²) >= 11 is 7.14. The highest BCUT2D eigenvalue weighted by Crippen LogP contribution is 2.36. The largest absolute Gasteiger partial charge is 0.325 e. The van der Waals surface area contributed by atoms with E-state index in [1.54, 1.807) is 30.3 Å². The minimum Gasteiger partial charge on any atom is -0.325 e. The van der Waals surface area contributed by atoms with Crippen LogP contribution in [-0.2, 0) is 25.0 Å². The van der Waals surface area contributed by atoms with Gasteiger partial charge in [-0.3, -0.25) is 9.52 Å². The number of anilines is 2. The van der Waals surface area contributed by atoms with Crippen LogP contribution in [0.4, 0.5) is 15.8 Å². The lowest BCUT2D eigenvalue weighted by molar-refractivity contribution is -0.120. The summed E-state index contributed by atoms with van der Waals surface area (Å²) in [6.45, 7) is 0. The van der Waals surface area contributed by atoms with Crippen LogP contribution in [0, 0.1) is 5.82 Å². The zero-order valence-electron chi connectivity index (χ0n) is 19.0. The van der Waals surface area contributed by atoms with Crippen LogP contribution in [-0.4, -0.2) is 46.4 Å². The first-order chi connectivity index (χ1) is 16.8. The Labute approximate surface area is 217 Å². The average Bonchev–Trinajstić information content (AvgIpc) is 3.28. The fraction of sp³-hybridized carbons (Fsp3) is 0.227. The average molecular weight is 573 g/mol. The van der Waals surface area contributed by atoms with E-state index in [0.717, 1.165) is 27.1 Å². The highest BCUT2D eigenvalue weighted by atomic mass is 35.5. The highest BCUT2D eigenvalue weighted by molar-refractivity contribution is 7.92. The van der Waals surface area contributed by atoms with E-state index in [4.69, 9.17) is 11.6 Å². The fourth-order valence-corrected chi connectivity index (χ4v) is 6.87. The lowest BCUT2D eigenvalue weighted by Gasteiger charge is -2.35. The van der Waals surface area contributed by atoms with Crippen LogP contribution >= 0.6 is 22.9 Å². The smallest absolute Gasteiger partial charge is 0.280 e. The quantitative estimate of drug-likeness (QED) is 0.414. The minimum absolute atomic E-state index is 0.160. The van der Waals surface area contributed by atoms with Crippen LogP contribution in [0.25, 0.3) is 10.4 Å². The Morgan fingerprint density at radius 2 is 1.81 bits per heavy atom. The second-order valence-corrected chi connectivity index (χ2v) is 13.2. The number of amides is 1. The van der Waals surface area contributed by atoms with Crippen molar-refractivity contribution in [3.05, 3.63) is 70.3 Å². The van der Waals surface area contributed by atoms with Crippen LogP contribution in [0.5, 0.6) is 0 Å². The Bertz CT molecular complexity index is 1510. The van der Waals surface area contributed by atoms with Crippen molar-refractivity contribution in [2.24, 2.45) is 0 Å². The maximum atomic E-state index is 13.4. The molecule has 1 fully saturated rings. The van der Waals surface area contributed by atoms with Crippen molar-refractivity contribution in [3.8, 4) is 10.4 Å². The van der Waals surface area contributed by atoms with E-state index in [2.05, 4.69) is 14.8 Å². The summed E-state index contributed by atoms with van der Waals surface area (Å²) < 4.78 is 67.7. The summed E-state index contributed by atoms with van der Waals surface area (Å²) in [5.41, 5.74) is 1.50. The van der Waals surface area contributed by atoms with E-state index in [0.29, 0.717) is 10.6 Å². The molecule has 0 bridgehead atoms. The molecule has 1 aliphatic rings. The number of rotatable bonds is 6. The third kappa shape index (κ3) is 6.05. The second kappa shape index (κ2) is 10.1. The number of nitrogens with one attached hydrogen (secondary N) is 3. The zero-order valence-corrected chi connectivity index (χ0v) is 22.2. The van der Waals surface area contributed by atoms with E-state index < -0.39 is 44.0 Å². The molecule has 0 radical (unpaired) electrons. The van der Waals surface area contributed by atoms with Crippen molar-refractivity contribution in [3.63, 3.8) is 0 Å². The van der Waals surface area contributed by atoms with Crippen molar-refractivity contribution in [2.75, 3.05) is 23.3 Å². The van der Waals surface area contributed by atoms with Gasteiger partial charge in [-0.1, -0.05) is 23.7 Å². The van der Waals surface area contributed by atoms with Gasteiger partial charge >= 0.3 is 0 Å². The molecule has 1 amide bonds. The second-order valence-electron chi connectivity index (χ2n) is 8.21. The number of sulfonamides is 1. The molecule has 2 aromatic carbocycles. The van der Waals surface area contributed by atoms with Gasteiger partial charge in [-0.25, -0.2) is 12.8 Å². The Balaban J connectivity index is 1.53. The molecular weight excluding hydrogens is 551 g/mol. The van der Waals surface area contributed by atoms with E-state index in [1.807, 2.05) is 6.07 Å². The maximum Gasteiger partial charge on any atom is 0.280 e. The van der Waals surface area contributed by atoms with Crippen molar-refractivity contribution in [1.29, 1.82) is 0 Å². The summed E-state index contributed by atoms with van der Waals surface area (Å²) in [6.07, 6.45) is 1.23. The molecule has 3 aromatic rings. The summed E-state index contributed by atoms with van der Waals surface area (Å²) in [5, 5.41) is 2.44. The molecule has 9 nitrogen and oxygen atoms in total. The number of halogens is 2. The van der Waals surface area contributed by atoms with E-state index in [-0.39, 0.29) is 17.1 Å². The standard InChI is InChI=1S/C22H22ClFN4O5S3/c1-28-19(22(29)25-15-7-8-17(24)16(23)11-15)12-18(27-36(28,32)33)21-10-9-20(34-21)13-3-5-14(6-4-13)26-35(2,30)31/h3-11,18-19,26-27H,12H2,1-2H3,(H,25,29)/t18-,19+/m1/s1. The molecular formula is C22H22ClFN4O5S3. The van der Waals surface area contributed by atoms with E-state index in [1.165, 1.54) is 30.5 Å². The maximum absolute atomic E-state index is 13.4. The van der Waals surface area contributed by atoms with Crippen LogP contribution in [0.15, 0.2) is 54.6 Å². The molecule has 0 aliphatic carbocycles. The first-order valence-corrected chi connectivity index (χ1v) is 15.0. The fourth-order valence-electron chi connectivity index (χ4n) is 3.71. The Hall–Kier alpha value is -2.55. The topological polar surface area (TPSA) is 125 Å². The Kier molecular flexibility index (Phi) is 7.42. The van der Waals surface area contributed by atoms with Crippen molar-refractivity contribution >= 4 is 60.5 Å².